The van der Waals surface area contributed by atoms with Crippen LogP contribution in [0.5, 0.6) is 0 Å². The van der Waals surface area contributed by atoms with Crippen molar-refractivity contribution < 1.29 is 4.79 Å². The van der Waals surface area contributed by atoms with Crippen molar-refractivity contribution in [2.75, 3.05) is 13.6 Å². The van der Waals surface area contributed by atoms with Gasteiger partial charge in [0.05, 0.1) is 5.54 Å². The van der Waals surface area contributed by atoms with Crippen LogP contribution in [0.2, 0.25) is 0 Å². The third kappa shape index (κ3) is 5.22. The van der Waals surface area contributed by atoms with Gasteiger partial charge >= 0.3 is 0 Å². The van der Waals surface area contributed by atoms with Crippen LogP contribution in [0, 0.1) is 5.92 Å². The topological polar surface area (TPSA) is 41.1 Å². The average molecular weight is 200 g/mol. The predicted octanol–water partition coefficient (Wildman–Crippen LogP) is 1.54. The van der Waals surface area contributed by atoms with Crippen LogP contribution in [-0.2, 0) is 4.79 Å². The summed E-state index contributed by atoms with van der Waals surface area (Å²) in [6, 6.07) is 0. The lowest BCUT2D eigenvalue weighted by molar-refractivity contribution is -0.126. The summed E-state index contributed by atoms with van der Waals surface area (Å²) in [7, 11) is 1.80. The average Bonchev–Trinajstić information content (AvgIpc) is 2.11. The Balaban J connectivity index is 3.64. The molecule has 84 valence electrons. The van der Waals surface area contributed by atoms with E-state index >= 15 is 0 Å². The minimum Gasteiger partial charge on any atom is -0.355 e. The van der Waals surface area contributed by atoms with Gasteiger partial charge < -0.3 is 10.6 Å². The van der Waals surface area contributed by atoms with Crippen LogP contribution in [0.25, 0.3) is 0 Å². The normalized spacial score (nSPS) is 11.9. The molecule has 0 atom stereocenters. The molecular formula is C11H24N2O. The molecule has 0 fully saturated rings. The molecule has 3 heteroatoms. The van der Waals surface area contributed by atoms with Gasteiger partial charge in [0.15, 0.2) is 0 Å². The summed E-state index contributed by atoms with van der Waals surface area (Å²) in [6.07, 6.45) is 2.23. The number of hydrogen-bond acceptors (Lipinski definition) is 2. The lowest BCUT2D eigenvalue weighted by atomic mass is 10.0. The predicted molar refractivity (Wildman–Crippen MR) is 60.2 cm³/mol. The maximum Gasteiger partial charge on any atom is 0.239 e. The molecule has 0 saturated carbocycles. The molecule has 14 heavy (non-hydrogen) atoms. The molecule has 0 aromatic carbocycles. The lowest BCUT2D eigenvalue weighted by Gasteiger charge is -2.22. The van der Waals surface area contributed by atoms with Gasteiger partial charge in [0, 0.05) is 6.54 Å². The van der Waals surface area contributed by atoms with E-state index < -0.39 is 5.54 Å². The van der Waals surface area contributed by atoms with E-state index in [1.54, 1.807) is 7.05 Å². The number of rotatable bonds is 6. The van der Waals surface area contributed by atoms with Crippen LogP contribution in [0.4, 0.5) is 0 Å². The third-order valence-corrected chi connectivity index (χ3v) is 2.44. The maximum absolute atomic E-state index is 11.6. The Labute approximate surface area is 87.6 Å². The van der Waals surface area contributed by atoms with Gasteiger partial charge in [-0.1, -0.05) is 13.8 Å². The van der Waals surface area contributed by atoms with E-state index in [9.17, 15) is 4.79 Å². The first kappa shape index (κ1) is 13.4. The van der Waals surface area contributed by atoms with Crippen LogP contribution in [0.1, 0.15) is 40.5 Å². The van der Waals surface area contributed by atoms with Crippen LogP contribution in [-0.4, -0.2) is 25.0 Å². The van der Waals surface area contributed by atoms with E-state index in [1.807, 2.05) is 13.8 Å². The Hall–Kier alpha value is -0.570. The van der Waals surface area contributed by atoms with Gasteiger partial charge in [0.25, 0.3) is 0 Å². The molecule has 0 bridgehead atoms. The van der Waals surface area contributed by atoms with Crippen LogP contribution in [0.15, 0.2) is 0 Å². The van der Waals surface area contributed by atoms with E-state index in [0.29, 0.717) is 5.92 Å². The van der Waals surface area contributed by atoms with Gasteiger partial charge in [-0.3, -0.25) is 4.79 Å². The van der Waals surface area contributed by atoms with E-state index in [-0.39, 0.29) is 5.91 Å². The van der Waals surface area contributed by atoms with Gasteiger partial charge in [-0.05, 0) is 39.7 Å². The van der Waals surface area contributed by atoms with Gasteiger partial charge in [-0.15, -0.1) is 0 Å². The summed E-state index contributed by atoms with van der Waals surface area (Å²) >= 11 is 0. The summed E-state index contributed by atoms with van der Waals surface area (Å²) in [5.41, 5.74) is -0.460. The quantitative estimate of drug-likeness (QED) is 0.639. The van der Waals surface area contributed by atoms with E-state index in [4.69, 9.17) is 0 Å². The van der Waals surface area contributed by atoms with Crippen molar-refractivity contribution in [2.24, 2.45) is 5.92 Å². The van der Waals surface area contributed by atoms with Crippen molar-refractivity contribution in [3.8, 4) is 0 Å². The summed E-state index contributed by atoms with van der Waals surface area (Å²) in [6.45, 7) is 8.93. The molecule has 0 heterocycles. The van der Waals surface area contributed by atoms with Crippen molar-refractivity contribution in [1.82, 2.24) is 10.6 Å². The van der Waals surface area contributed by atoms with Gasteiger partial charge in [-0.25, -0.2) is 0 Å². The van der Waals surface area contributed by atoms with E-state index in [2.05, 4.69) is 24.5 Å². The first-order chi connectivity index (χ1) is 6.40. The molecule has 3 nitrogen and oxygen atoms in total. The van der Waals surface area contributed by atoms with Crippen molar-refractivity contribution in [3.05, 3.63) is 0 Å². The van der Waals surface area contributed by atoms with Crippen molar-refractivity contribution >= 4 is 5.91 Å². The maximum atomic E-state index is 11.6. The lowest BCUT2D eigenvalue weighted by Crippen LogP contribution is -2.51. The summed E-state index contributed by atoms with van der Waals surface area (Å²) < 4.78 is 0. The molecule has 1 amide bonds. The Morgan fingerprint density at radius 2 is 1.93 bits per heavy atom. The molecule has 2 N–H and O–H groups in total. The monoisotopic (exact) mass is 200 g/mol. The van der Waals surface area contributed by atoms with Gasteiger partial charge in [-0.2, -0.15) is 0 Å². The molecule has 0 aliphatic rings. The number of nitrogens with one attached hydrogen (secondary N) is 2. The van der Waals surface area contributed by atoms with Crippen LogP contribution < -0.4 is 10.6 Å². The number of hydrogen-bond donors (Lipinski definition) is 2. The first-order valence-electron chi connectivity index (χ1n) is 5.37. The molecule has 0 saturated heterocycles. The highest BCUT2D eigenvalue weighted by atomic mass is 16.2. The zero-order valence-corrected chi connectivity index (χ0v) is 10.1. The zero-order valence-electron chi connectivity index (χ0n) is 10.1. The molecule has 0 unspecified atom stereocenters. The summed E-state index contributed by atoms with van der Waals surface area (Å²) in [5.74, 6) is 0.785. The van der Waals surface area contributed by atoms with Crippen molar-refractivity contribution in [1.29, 1.82) is 0 Å². The molecular weight excluding hydrogens is 176 g/mol. The molecule has 0 radical (unpaired) electrons. The second-order valence-electron chi connectivity index (χ2n) is 4.67. The van der Waals surface area contributed by atoms with Crippen LogP contribution >= 0.6 is 0 Å². The highest BCUT2D eigenvalue weighted by Crippen LogP contribution is 2.03. The van der Waals surface area contributed by atoms with Gasteiger partial charge in [0.1, 0.15) is 0 Å². The third-order valence-electron chi connectivity index (χ3n) is 2.44. The molecule has 0 aromatic rings. The minimum absolute atomic E-state index is 0.0729. The SMILES string of the molecule is CNC(C)(C)C(=O)NCCCC(C)C. The Kier molecular flexibility index (Phi) is 5.77. The molecule has 0 aliphatic carbocycles. The second-order valence-corrected chi connectivity index (χ2v) is 4.67. The van der Waals surface area contributed by atoms with Crippen molar-refractivity contribution in [3.63, 3.8) is 0 Å². The number of carbonyl (C=O) groups excluding carboxylic acids is 1. The fraction of sp³-hybridized carbons (Fsp3) is 0.909. The first-order valence-corrected chi connectivity index (χ1v) is 5.37. The Morgan fingerprint density at radius 3 is 2.36 bits per heavy atom. The fourth-order valence-electron chi connectivity index (χ4n) is 1.05. The molecule has 0 rings (SSSR count). The number of amides is 1. The summed E-state index contributed by atoms with van der Waals surface area (Å²) in [5, 5.41) is 5.91. The van der Waals surface area contributed by atoms with E-state index in [0.717, 1.165) is 13.0 Å². The molecule has 0 aliphatic heterocycles. The molecule has 0 spiro atoms. The number of likely N-dealkylation sites (N-methyl/N-ethyl adjacent to an activating group) is 1. The summed E-state index contributed by atoms with van der Waals surface area (Å²) in [4.78, 5) is 11.6. The van der Waals surface area contributed by atoms with Gasteiger partial charge in [0.2, 0.25) is 5.91 Å². The minimum atomic E-state index is -0.460. The highest BCUT2D eigenvalue weighted by molar-refractivity contribution is 5.85. The standard InChI is InChI=1S/C11H24N2O/c1-9(2)7-6-8-13-10(14)11(3,4)12-5/h9,12H,6-8H2,1-5H3,(H,13,14). The highest BCUT2D eigenvalue weighted by Gasteiger charge is 2.24. The number of carbonyl (C=O) groups is 1. The Morgan fingerprint density at radius 1 is 1.36 bits per heavy atom. The largest absolute Gasteiger partial charge is 0.355 e. The van der Waals surface area contributed by atoms with Crippen molar-refractivity contribution in [2.45, 2.75) is 46.1 Å². The fourth-order valence-corrected chi connectivity index (χ4v) is 1.05. The zero-order chi connectivity index (χ0) is 11.2. The second kappa shape index (κ2) is 6.02. The smallest absolute Gasteiger partial charge is 0.239 e. The van der Waals surface area contributed by atoms with E-state index in [1.165, 1.54) is 6.42 Å². The Bertz CT molecular complexity index is 176. The van der Waals surface area contributed by atoms with Crippen LogP contribution in [0.3, 0.4) is 0 Å². The molecule has 0 aromatic heterocycles.